The van der Waals surface area contributed by atoms with Gasteiger partial charge in [-0.25, -0.2) is 4.98 Å². The standard InChI is InChI=1S/C17H19N3O2S/c1-10-7-14(11(2)20(10)9-13-5-4-6-22-13)17-12(3)23-16(19-17)8-15(18)21/h4-7H,8-9H2,1-3H3,(H2,18,21). The minimum Gasteiger partial charge on any atom is -0.467 e. The van der Waals surface area contributed by atoms with Crippen molar-refractivity contribution < 1.29 is 9.21 Å². The summed E-state index contributed by atoms with van der Waals surface area (Å²) in [5, 5.41) is 0.765. The van der Waals surface area contributed by atoms with Crippen LogP contribution in [0, 0.1) is 20.8 Å². The molecular formula is C17H19N3O2S. The molecular weight excluding hydrogens is 310 g/mol. The number of hydrogen-bond donors (Lipinski definition) is 1. The predicted molar refractivity (Wildman–Crippen MR) is 90.5 cm³/mol. The Labute approximate surface area is 138 Å². The number of amides is 1. The lowest BCUT2D eigenvalue weighted by Crippen LogP contribution is -2.13. The van der Waals surface area contributed by atoms with Gasteiger partial charge in [0.2, 0.25) is 5.91 Å². The van der Waals surface area contributed by atoms with Crippen molar-refractivity contribution in [2.75, 3.05) is 0 Å². The first kappa shape index (κ1) is 15.6. The predicted octanol–water partition coefficient (Wildman–Crippen LogP) is 3.21. The fourth-order valence-electron chi connectivity index (χ4n) is 2.77. The van der Waals surface area contributed by atoms with Crippen LogP contribution < -0.4 is 5.73 Å². The second kappa shape index (κ2) is 6.04. The average Bonchev–Trinajstić information content (AvgIpc) is 3.15. The zero-order chi connectivity index (χ0) is 16.6. The molecule has 0 aliphatic carbocycles. The van der Waals surface area contributed by atoms with E-state index in [0.717, 1.165) is 38.3 Å². The van der Waals surface area contributed by atoms with Gasteiger partial charge in [-0.3, -0.25) is 4.79 Å². The lowest BCUT2D eigenvalue weighted by atomic mass is 10.1. The van der Waals surface area contributed by atoms with Crippen molar-refractivity contribution >= 4 is 17.2 Å². The number of nitrogens with two attached hydrogens (primary N) is 1. The second-order valence-corrected chi connectivity index (χ2v) is 6.89. The number of aryl methyl sites for hydroxylation is 2. The van der Waals surface area contributed by atoms with Gasteiger partial charge in [0.1, 0.15) is 10.8 Å². The molecule has 3 heterocycles. The lowest BCUT2D eigenvalue weighted by Gasteiger charge is -2.07. The maximum atomic E-state index is 11.1. The van der Waals surface area contributed by atoms with Gasteiger partial charge in [-0.05, 0) is 39.0 Å². The van der Waals surface area contributed by atoms with E-state index in [2.05, 4.69) is 29.5 Å². The summed E-state index contributed by atoms with van der Waals surface area (Å²) in [5.74, 6) is 0.566. The van der Waals surface area contributed by atoms with Crippen LogP contribution in [0.2, 0.25) is 0 Å². The first-order valence-corrected chi connectivity index (χ1v) is 8.21. The van der Waals surface area contributed by atoms with Gasteiger partial charge in [-0.1, -0.05) is 0 Å². The summed E-state index contributed by atoms with van der Waals surface area (Å²) in [6.45, 7) is 6.88. The fraction of sp³-hybridized carbons (Fsp3) is 0.294. The third kappa shape index (κ3) is 3.07. The first-order valence-electron chi connectivity index (χ1n) is 7.39. The van der Waals surface area contributed by atoms with Crippen molar-refractivity contribution in [3.8, 4) is 11.3 Å². The Morgan fingerprint density at radius 2 is 2.17 bits per heavy atom. The molecule has 5 nitrogen and oxygen atoms in total. The van der Waals surface area contributed by atoms with Gasteiger partial charge >= 0.3 is 0 Å². The monoisotopic (exact) mass is 329 g/mol. The Balaban J connectivity index is 1.98. The maximum Gasteiger partial charge on any atom is 0.224 e. The highest BCUT2D eigenvalue weighted by Crippen LogP contribution is 2.32. The molecule has 3 rings (SSSR count). The SMILES string of the molecule is Cc1sc(CC(N)=O)nc1-c1cc(C)n(Cc2ccco2)c1C. The van der Waals surface area contributed by atoms with Gasteiger partial charge in [0.25, 0.3) is 0 Å². The van der Waals surface area contributed by atoms with Crippen LogP contribution in [0.1, 0.15) is 27.0 Å². The summed E-state index contributed by atoms with van der Waals surface area (Å²) in [6, 6.07) is 6.00. The summed E-state index contributed by atoms with van der Waals surface area (Å²) >= 11 is 1.53. The molecule has 6 heteroatoms. The molecule has 0 aromatic carbocycles. The number of hydrogen-bond acceptors (Lipinski definition) is 4. The van der Waals surface area contributed by atoms with E-state index in [-0.39, 0.29) is 12.3 Å². The quantitative estimate of drug-likeness (QED) is 0.781. The zero-order valence-corrected chi connectivity index (χ0v) is 14.2. The molecule has 3 aromatic heterocycles. The largest absolute Gasteiger partial charge is 0.467 e. The molecule has 0 saturated carbocycles. The van der Waals surface area contributed by atoms with Gasteiger partial charge in [-0.2, -0.15) is 0 Å². The summed E-state index contributed by atoms with van der Waals surface area (Å²) in [7, 11) is 0. The van der Waals surface area contributed by atoms with Gasteiger partial charge in [-0.15, -0.1) is 11.3 Å². The number of carbonyl (C=O) groups is 1. The van der Waals surface area contributed by atoms with Crippen molar-refractivity contribution in [3.05, 3.63) is 51.5 Å². The molecule has 0 unspecified atom stereocenters. The number of rotatable bonds is 5. The van der Waals surface area contributed by atoms with E-state index >= 15 is 0 Å². The summed E-state index contributed by atoms with van der Waals surface area (Å²) < 4.78 is 7.66. The minimum absolute atomic E-state index is 0.191. The average molecular weight is 329 g/mol. The fourth-order valence-corrected chi connectivity index (χ4v) is 3.73. The van der Waals surface area contributed by atoms with Crippen LogP contribution in [0.4, 0.5) is 0 Å². The molecule has 120 valence electrons. The van der Waals surface area contributed by atoms with Crippen molar-refractivity contribution in [2.45, 2.75) is 33.7 Å². The van der Waals surface area contributed by atoms with Crippen LogP contribution in [-0.2, 0) is 17.8 Å². The van der Waals surface area contributed by atoms with E-state index < -0.39 is 0 Å². The highest BCUT2D eigenvalue weighted by Gasteiger charge is 2.17. The molecule has 0 fully saturated rings. The van der Waals surface area contributed by atoms with Crippen molar-refractivity contribution in [3.63, 3.8) is 0 Å². The van der Waals surface area contributed by atoms with Gasteiger partial charge in [0, 0.05) is 21.8 Å². The van der Waals surface area contributed by atoms with E-state index in [1.165, 1.54) is 11.3 Å². The van der Waals surface area contributed by atoms with Crippen LogP contribution in [-0.4, -0.2) is 15.5 Å². The summed E-state index contributed by atoms with van der Waals surface area (Å²) in [6.07, 6.45) is 1.88. The number of nitrogens with zero attached hydrogens (tertiary/aromatic N) is 2. The molecule has 0 saturated heterocycles. The van der Waals surface area contributed by atoms with E-state index in [9.17, 15) is 4.79 Å². The molecule has 0 atom stereocenters. The molecule has 0 radical (unpaired) electrons. The minimum atomic E-state index is -0.353. The highest BCUT2D eigenvalue weighted by molar-refractivity contribution is 7.12. The molecule has 3 aromatic rings. The normalized spacial score (nSPS) is 11.1. The molecule has 0 aliphatic heterocycles. The van der Waals surface area contributed by atoms with Crippen LogP contribution in [0.5, 0.6) is 0 Å². The smallest absolute Gasteiger partial charge is 0.224 e. The van der Waals surface area contributed by atoms with E-state index in [0.29, 0.717) is 6.54 Å². The molecule has 0 aliphatic rings. The summed E-state index contributed by atoms with van der Waals surface area (Å²) in [5.41, 5.74) is 9.59. The van der Waals surface area contributed by atoms with Crippen LogP contribution in [0.15, 0.2) is 28.9 Å². The number of aromatic nitrogens is 2. The van der Waals surface area contributed by atoms with E-state index in [1.807, 2.05) is 19.1 Å². The second-order valence-electron chi connectivity index (χ2n) is 5.61. The van der Waals surface area contributed by atoms with Crippen LogP contribution >= 0.6 is 11.3 Å². The number of primary amides is 1. The van der Waals surface area contributed by atoms with Crippen molar-refractivity contribution in [2.24, 2.45) is 5.73 Å². The van der Waals surface area contributed by atoms with Gasteiger partial charge in [0.05, 0.1) is 24.9 Å². The Kier molecular flexibility index (Phi) is 4.09. The molecule has 1 amide bonds. The zero-order valence-electron chi connectivity index (χ0n) is 13.4. The van der Waals surface area contributed by atoms with Crippen molar-refractivity contribution in [1.29, 1.82) is 0 Å². The van der Waals surface area contributed by atoms with Crippen LogP contribution in [0.3, 0.4) is 0 Å². The van der Waals surface area contributed by atoms with E-state index in [1.54, 1.807) is 6.26 Å². The summed E-state index contributed by atoms with van der Waals surface area (Å²) in [4.78, 5) is 16.8. The molecule has 2 N–H and O–H groups in total. The third-order valence-electron chi connectivity index (χ3n) is 3.89. The topological polar surface area (TPSA) is 74.1 Å². The molecule has 0 bridgehead atoms. The Hall–Kier alpha value is -2.34. The Morgan fingerprint density at radius 1 is 1.39 bits per heavy atom. The molecule has 0 spiro atoms. The Morgan fingerprint density at radius 3 is 2.83 bits per heavy atom. The molecule has 23 heavy (non-hydrogen) atoms. The third-order valence-corrected chi connectivity index (χ3v) is 4.86. The Bertz CT molecular complexity index is 844. The number of carbonyl (C=O) groups excluding carboxylic acids is 1. The number of thiazole rings is 1. The first-order chi connectivity index (χ1) is 11.0. The van der Waals surface area contributed by atoms with Crippen molar-refractivity contribution in [1.82, 2.24) is 9.55 Å². The maximum absolute atomic E-state index is 11.1. The number of furan rings is 1. The lowest BCUT2D eigenvalue weighted by molar-refractivity contribution is -0.117. The van der Waals surface area contributed by atoms with Crippen LogP contribution in [0.25, 0.3) is 11.3 Å². The van der Waals surface area contributed by atoms with E-state index in [4.69, 9.17) is 10.2 Å². The highest BCUT2D eigenvalue weighted by atomic mass is 32.1. The van der Waals surface area contributed by atoms with Gasteiger partial charge < -0.3 is 14.7 Å². The van der Waals surface area contributed by atoms with Gasteiger partial charge in [0.15, 0.2) is 0 Å².